The van der Waals surface area contributed by atoms with Gasteiger partial charge in [-0.25, -0.2) is 9.97 Å². The van der Waals surface area contributed by atoms with Crippen LogP contribution in [0.3, 0.4) is 0 Å². The molecule has 1 aliphatic heterocycles. The Balaban J connectivity index is 1.32. The third-order valence-electron chi connectivity index (χ3n) is 5.19. The first-order valence-corrected chi connectivity index (χ1v) is 10.4. The van der Waals surface area contributed by atoms with Crippen LogP contribution in [0.2, 0.25) is 0 Å². The number of para-hydroxylation sites is 2. The number of aryl methyl sites for hydroxylation is 2. The number of hydrogen-bond acceptors (Lipinski definition) is 6. The fraction of sp³-hybridized carbons (Fsp3) is 0.381. The molecule has 1 N–H and O–H groups in total. The van der Waals surface area contributed by atoms with Crippen LogP contribution in [0.1, 0.15) is 45.5 Å². The summed E-state index contributed by atoms with van der Waals surface area (Å²) in [6.45, 7) is 4.77. The molecule has 7 heteroatoms. The Hall–Kier alpha value is -2.67. The van der Waals surface area contributed by atoms with Crippen LogP contribution in [0, 0.1) is 13.8 Å². The van der Waals surface area contributed by atoms with Gasteiger partial charge in [0.15, 0.2) is 11.5 Å². The van der Waals surface area contributed by atoms with Gasteiger partial charge in [0, 0.05) is 11.3 Å². The van der Waals surface area contributed by atoms with E-state index in [1.165, 1.54) is 11.3 Å². The summed E-state index contributed by atoms with van der Waals surface area (Å²) in [4.78, 5) is 23.8. The molecule has 28 heavy (non-hydrogen) atoms. The largest absolute Gasteiger partial charge is 0.486 e. The SMILES string of the molecule is Cc1nc(C2CC2)nc2sc(C(=O)NCC3COc4ccccc4O3)c(C)c12. The van der Waals surface area contributed by atoms with Crippen LogP contribution < -0.4 is 14.8 Å². The fourth-order valence-corrected chi connectivity index (χ4v) is 4.71. The van der Waals surface area contributed by atoms with Crippen LogP contribution in [-0.2, 0) is 0 Å². The number of carbonyl (C=O) groups excluding carboxylic acids is 1. The van der Waals surface area contributed by atoms with Crippen LogP contribution >= 0.6 is 11.3 Å². The molecule has 0 bridgehead atoms. The van der Waals surface area contributed by atoms with Crippen molar-refractivity contribution in [1.82, 2.24) is 15.3 Å². The van der Waals surface area contributed by atoms with Gasteiger partial charge in [0.1, 0.15) is 23.4 Å². The molecule has 144 valence electrons. The second kappa shape index (κ2) is 6.74. The maximum Gasteiger partial charge on any atom is 0.261 e. The lowest BCUT2D eigenvalue weighted by atomic mass is 10.1. The zero-order chi connectivity index (χ0) is 19.3. The van der Waals surface area contributed by atoms with Gasteiger partial charge in [-0.15, -0.1) is 11.3 Å². The molecule has 1 unspecified atom stereocenters. The van der Waals surface area contributed by atoms with Crippen molar-refractivity contribution in [2.24, 2.45) is 0 Å². The number of carbonyl (C=O) groups is 1. The number of aromatic nitrogens is 2. The van der Waals surface area contributed by atoms with Crippen molar-refractivity contribution >= 4 is 27.5 Å². The summed E-state index contributed by atoms with van der Waals surface area (Å²) in [5, 5.41) is 3.99. The van der Waals surface area contributed by atoms with Crippen LogP contribution in [0.15, 0.2) is 24.3 Å². The van der Waals surface area contributed by atoms with Gasteiger partial charge >= 0.3 is 0 Å². The molecule has 0 radical (unpaired) electrons. The highest BCUT2D eigenvalue weighted by Crippen LogP contribution is 2.40. The lowest BCUT2D eigenvalue weighted by Gasteiger charge is -2.26. The molecule has 6 nitrogen and oxygen atoms in total. The Labute approximate surface area is 166 Å². The van der Waals surface area contributed by atoms with E-state index in [0.717, 1.165) is 45.9 Å². The summed E-state index contributed by atoms with van der Waals surface area (Å²) in [5.41, 5.74) is 1.91. The Kier molecular flexibility index (Phi) is 4.19. The molecule has 3 aromatic rings. The quantitative estimate of drug-likeness (QED) is 0.728. The lowest BCUT2D eigenvalue weighted by Crippen LogP contribution is -2.40. The van der Waals surface area contributed by atoms with E-state index in [2.05, 4.69) is 10.3 Å². The first-order chi connectivity index (χ1) is 13.6. The molecule has 1 amide bonds. The molecule has 1 aliphatic carbocycles. The van der Waals surface area contributed by atoms with E-state index in [4.69, 9.17) is 14.5 Å². The van der Waals surface area contributed by atoms with Crippen molar-refractivity contribution in [2.75, 3.05) is 13.2 Å². The van der Waals surface area contributed by atoms with Crippen molar-refractivity contribution in [3.05, 3.63) is 46.2 Å². The molecular weight excluding hydrogens is 374 g/mol. The molecule has 3 heterocycles. The maximum atomic E-state index is 12.8. The molecule has 1 saturated carbocycles. The number of nitrogens with one attached hydrogen (secondary N) is 1. The monoisotopic (exact) mass is 395 g/mol. The highest BCUT2D eigenvalue weighted by atomic mass is 32.1. The summed E-state index contributed by atoms with van der Waals surface area (Å²) in [7, 11) is 0. The Morgan fingerprint density at radius 2 is 2.00 bits per heavy atom. The molecule has 0 saturated heterocycles. The van der Waals surface area contributed by atoms with E-state index in [9.17, 15) is 4.79 Å². The van der Waals surface area contributed by atoms with Gasteiger partial charge in [-0.2, -0.15) is 0 Å². The maximum absolute atomic E-state index is 12.8. The van der Waals surface area contributed by atoms with Gasteiger partial charge in [0.05, 0.1) is 17.1 Å². The smallest absolute Gasteiger partial charge is 0.261 e. The molecule has 1 aromatic carbocycles. The van der Waals surface area contributed by atoms with E-state index in [1.807, 2.05) is 38.1 Å². The molecule has 2 aliphatic rings. The van der Waals surface area contributed by atoms with Crippen LogP contribution in [0.25, 0.3) is 10.2 Å². The van der Waals surface area contributed by atoms with Crippen LogP contribution in [0.4, 0.5) is 0 Å². The van der Waals surface area contributed by atoms with Crippen LogP contribution in [-0.4, -0.2) is 35.1 Å². The summed E-state index contributed by atoms with van der Waals surface area (Å²) < 4.78 is 11.6. The fourth-order valence-electron chi connectivity index (χ4n) is 3.55. The number of thiophene rings is 1. The van der Waals surface area contributed by atoms with Crippen molar-refractivity contribution in [3.8, 4) is 11.5 Å². The molecule has 1 atom stereocenters. The average Bonchev–Trinajstić information content (AvgIpc) is 3.49. The van der Waals surface area contributed by atoms with E-state index < -0.39 is 0 Å². The molecular formula is C21H21N3O3S. The number of amides is 1. The second-order valence-electron chi connectivity index (χ2n) is 7.39. The van der Waals surface area contributed by atoms with E-state index in [1.54, 1.807) is 0 Å². The average molecular weight is 395 g/mol. The Bertz CT molecular complexity index is 1070. The van der Waals surface area contributed by atoms with Gasteiger partial charge in [-0.05, 0) is 44.4 Å². The number of fused-ring (bicyclic) bond motifs is 2. The van der Waals surface area contributed by atoms with E-state index in [-0.39, 0.29) is 12.0 Å². The highest BCUT2D eigenvalue weighted by Gasteiger charge is 2.29. The van der Waals surface area contributed by atoms with E-state index >= 15 is 0 Å². The zero-order valence-electron chi connectivity index (χ0n) is 15.8. The first kappa shape index (κ1) is 17.4. The zero-order valence-corrected chi connectivity index (χ0v) is 16.6. The van der Waals surface area contributed by atoms with Gasteiger partial charge in [0.2, 0.25) is 0 Å². The third-order valence-corrected chi connectivity index (χ3v) is 6.38. The number of benzene rings is 1. The minimum Gasteiger partial charge on any atom is -0.486 e. The van der Waals surface area contributed by atoms with Gasteiger partial charge in [0.25, 0.3) is 5.91 Å². The number of hydrogen-bond donors (Lipinski definition) is 1. The Morgan fingerprint density at radius 1 is 1.21 bits per heavy atom. The second-order valence-corrected chi connectivity index (χ2v) is 8.38. The van der Waals surface area contributed by atoms with Crippen molar-refractivity contribution in [3.63, 3.8) is 0 Å². The summed E-state index contributed by atoms with van der Waals surface area (Å²) in [5.74, 6) is 2.77. The normalized spacial score (nSPS) is 18.3. The summed E-state index contributed by atoms with van der Waals surface area (Å²) in [6, 6.07) is 7.57. The van der Waals surface area contributed by atoms with Gasteiger partial charge < -0.3 is 14.8 Å². The topological polar surface area (TPSA) is 73.3 Å². The van der Waals surface area contributed by atoms with Crippen LogP contribution in [0.5, 0.6) is 11.5 Å². The predicted molar refractivity (Wildman–Crippen MR) is 108 cm³/mol. The van der Waals surface area contributed by atoms with Gasteiger partial charge in [-0.1, -0.05) is 12.1 Å². The number of nitrogens with zero attached hydrogens (tertiary/aromatic N) is 2. The number of rotatable bonds is 4. The Morgan fingerprint density at radius 3 is 2.79 bits per heavy atom. The molecule has 0 spiro atoms. The highest BCUT2D eigenvalue weighted by molar-refractivity contribution is 7.20. The molecule has 1 fully saturated rings. The first-order valence-electron chi connectivity index (χ1n) is 9.54. The van der Waals surface area contributed by atoms with Gasteiger partial charge in [-0.3, -0.25) is 4.79 Å². The third kappa shape index (κ3) is 3.09. The van der Waals surface area contributed by atoms with Crippen molar-refractivity contribution in [2.45, 2.75) is 38.7 Å². The van der Waals surface area contributed by atoms with Crippen molar-refractivity contribution < 1.29 is 14.3 Å². The molecule has 2 aromatic heterocycles. The summed E-state index contributed by atoms with van der Waals surface area (Å²) >= 11 is 1.45. The standard InChI is InChI=1S/C21H21N3O3S/c1-11-17-12(2)23-19(13-7-8-13)24-21(17)28-18(11)20(25)22-9-14-10-26-15-5-3-4-6-16(15)27-14/h3-6,13-14H,7-10H2,1-2H3,(H,22,25). The number of ether oxygens (including phenoxy) is 2. The van der Waals surface area contributed by atoms with E-state index in [0.29, 0.717) is 29.7 Å². The van der Waals surface area contributed by atoms with Crippen molar-refractivity contribution in [1.29, 1.82) is 0 Å². The minimum atomic E-state index is -0.212. The predicted octanol–water partition coefficient (Wildman–Crippen LogP) is 3.76. The molecule has 5 rings (SSSR count). The lowest BCUT2D eigenvalue weighted by molar-refractivity contribution is 0.0791. The summed E-state index contributed by atoms with van der Waals surface area (Å²) in [6.07, 6.45) is 2.11. The minimum absolute atomic E-state index is 0.102.